The predicted octanol–water partition coefficient (Wildman–Crippen LogP) is 0.798. The third-order valence-corrected chi connectivity index (χ3v) is 5.12. The Kier molecular flexibility index (Phi) is 6.36. The molecule has 0 saturated carbocycles. The van der Waals surface area contributed by atoms with Crippen LogP contribution in [0.4, 0.5) is 0 Å². The van der Waals surface area contributed by atoms with Crippen LogP contribution in [0.5, 0.6) is 0 Å². The number of nitrogens with one attached hydrogen (secondary N) is 1. The standard InChI is InChI=1S/C15H27N3O2S/c1-12(2)14(18-6-3-4-13(18)19)15(20)16-5-7-17-8-10-21-11-9-17/h12,14H,3-11H2,1-2H3,(H,16,20). The highest BCUT2D eigenvalue weighted by atomic mass is 32.2. The lowest BCUT2D eigenvalue weighted by Crippen LogP contribution is -2.51. The largest absolute Gasteiger partial charge is 0.353 e. The number of hydrogen-bond acceptors (Lipinski definition) is 4. The van der Waals surface area contributed by atoms with E-state index in [1.165, 1.54) is 11.5 Å². The molecule has 0 aliphatic carbocycles. The zero-order valence-corrected chi connectivity index (χ0v) is 14.0. The van der Waals surface area contributed by atoms with Crippen molar-refractivity contribution >= 4 is 23.6 Å². The molecule has 2 aliphatic heterocycles. The molecule has 120 valence electrons. The van der Waals surface area contributed by atoms with E-state index in [4.69, 9.17) is 0 Å². The topological polar surface area (TPSA) is 52.7 Å². The van der Waals surface area contributed by atoms with Gasteiger partial charge < -0.3 is 10.2 Å². The fraction of sp³-hybridized carbons (Fsp3) is 0.867. The summed E-state index contributed by atoms with van der Waals surface area (Å²) in [6.45, 7) is 8.55. The van der Waals surface area contributed by atoms with Crippen molar-refractivity contribution < 1.29 is 9.59 Å². The lowest BCUT2D eigenvalue weighted by molar-refractivity contribution is -0.139. The minimum atomic E-state index is -0.308. The average molecular weight is 313 g/mol. The summed E-state index contributed by atoms with van der Waals surface area (Å²) in [5.74, 6) is 2.65. The molecule has 21 heavy (non-hydrogen) atoms. The van der Waals surface area contributed by atoms with Crippen molar-refractivity contribution in [3.05, 3.63) is 0 Å². The van der Waals surface area contributed by atoms with Crippen LogP contribution in [0.2, 0.25) is 0 Å². The first kappa shape index (κ1) is 16.6. The molecular formula is C15H27N3O2S. The Hall–Kier alpha value is -0.750. The molecule has 0 spiro atoms. The first-order valence-corrected chi connectivity index (χ1v) is 9.12. The summed E-state index contributed by atoms with van der Waals surface area (Å²) in [5, 5.41) is 3.03. The highest BCUT2D eigenvalue weighted by molar-refractivity contribution is 7.99. The van der Waals surface area contributed by atoms with Gasteiger partial charge in [-0.2, -0.15) is 11.8 Å². The van der Waals surface area contributed by atoms with Gasteiger partial charge in [-0.3, -0.25) is 14.5 Å². The van der Waals surface area contributed by atoms with Crippen molar-refractivity contribution in [1.82, 2.24) is 15.1 Å². The van der Waals surface area contributed by atoms with Crippen molar-refractivity contribution in [2.45, 2.75) is 32.7 Å². The van der Waals surface area contributed by atoms with Crippen LogP contribution < -0.4 is 5.32 Å². The number of thioether (sulfide) groups is 1. The summed E-state index contributed by atoms with van der Waals surface area (Å²) in [4.78, 5) is 28.5. The molecule has 2 rings (SSSR count). The van der Waals surface area contributed by atoms with E-state index in [1.54, 1.807) is 4.90 Å². The monoisotopic (exact) mass is 313 g/mol. The lowest BCUT2D eigenvalue weighted by atomic mass is 10.0. The number of amides is 2. The molecule has 2 saturated heterocycles. The van der Waals surface area contributed by atoms with E-state index >= 15 is 0 Å². The van der Waals surface area contributed by atoms with Gasteiger partial charge in [-0.15, -0.1) is 0 Å². The molecule has 2 aliphatic rings. The van der Waals surface area contributed by atoms with Gasteiger partial charge in [0.2, 0.25) is 11.8 Å². The highest BCUT2D eigenvalue weighted by Gasteiger charge is 2.34. The highest BCUT2D eigenvalue weighted by Crippen LogP contribution is 2.19. The van der Waals surface area contributed by atoms with Crippen LogP contribution in [0.3, 0.4) is 0 Å². The first-order valence-electron chi connectivity index (χ1n) is 7.97. The van der Waals surface area contributed by atoms with Gasteiger partial charge in [0.25, 0.3) is 0 Å². The Morgan fingerprint density at radius 3 is 2.57 bits per heavy atom. The quantitative estimate of drug-likeness (QED) is 0.788. The zero-order valence-electron chi connectivity index (χ0n) is 13.1. The summed E-state index contributed by atoms with van der Waals surface area (Å²) >= 11 is 1.99. The zero-order chi connectivity index (χ0) is 15.2. The molecule has 6 heteroatoms. The van der Waals surface area contributed by atoms with Crippen molar-refractivity contribution in [2.75, 3.05) is 44.2 Å². The average Bonchev–Trinajstić information content (AvgIpc) is 2.86. The van der Waals surface area contributed by atoms with Gasteiger partial charge in [0.05, 0.1) is 0 Å². The Balaban J connectivity index is 1.80. The number of nitrogens with zero attached hydrogens (tertiary/aromatic N) is 2. The fourth-order valence-corrected chi connectivity index (χ4v) is 4.01. The first-order chi connectivity index (χ1) is 10.1. The fourth-order valence-electron chi connectivity index (χ4n) is 3.03. The second kappa shape index (κ2) is 8.03. The van der Waals surface area contributed by atoms with E-state index in [0.717, 1.165) is 32.6 Å². The summed E-state index contributed by atoms with van der Waals surface area (Å²) in [6.07, 6.45) is 1.46. The number of hydrogen-bond donors (Lipinski definition) is 1. The van der Waals surface area contributed by atoms with Crippen LogP contribution in [0, 0.1) is 5.92 Å². The molecule has 0 radical (unpaired) electrons. The van der Waals surface area contributed by atoms with Gasteiger partial charge in [0.15, 0.2) is 0 Å². The van der Waals surface area contributed by atoms with Gasteiger partial charge >= 0.3 is 0 Å². The van der Waals surface area contributed by atoms with Crippen LogP contribution in [0.25, 0.3) is 0 Å². The van der Waals surface area contributed by atoms with Crippen molar-refractivity contribution in [2.24, 2.45) is 5.92 Å². The minimum Gasteiger partial charge on any atom is -0.353 e. The normalized spacial score (nSPS) is 21.9. The maximum Gasteiger partial charge on any atom is 0.243 e. The maximum absolute atomic E-state index is 12.4. The molecule has 5 nitrogen and oxygen atoms in total. The molecule has 1 unspecified atom stereocenters. The Bertz CT molecular complexity index is 370. The van der Waals surface area contributed by atoms with Crippen LogP contribution >= 0.6 is 11.8 Å². The molecular weight excluding hydrogens is 286 g/mol. The van der Waals surface area contributed by atoms with E-state index in [1.807, 2.05) is 25.6 Å². The molecule has 0 aromatic carbocycles. The third kappa shape index (κ3) is 4.61. The lowest BCUT2D eigenvalue weighted by Gasteiger charge is -2.31. The summed E-state index contributed by atoms with van der Waals surface area (Å²) < 4.78 is 0. The van der Waals surface area contributed by atoms with E-state index in [2.05, 4.69) is 10.2 Å². The van der Waals surface area contributed by atoms with Gasteiger partial charge in [0, 0.05) is 50.7 Å². The number of carbonyl (C=O) groups excluding carboxylic acids is 2. The Labute approximate surface area is 131 Å². The van der Waals surface area contributed by atoms with Gasteiger partial charge in [0.1, 0.15) is 6.04 Å². The summed E-state index contributed by atoms with van der Waals surface area (Å²) in [6, 6.07) is -0.308. The van der Waals surface area contributed by atoms with Gasteiger partial charge in [-0.1, -0.05) is 13.8 Å². The maximum atomic E-state index is 12.4. The van der Waals surface area contributed by atoms with E-state index in [0.29, 0.717) is 13.0 Å². The van der Waals surface area contributed by atoms with Gasteiger partial charge in [-0.25, -0.2) is 0 Å². The SMILES string of the molecule is CC(C)C(C(=O)NCCN1CCSCC1)N1CCCC1=O. The van der Waals surface area contributed by atoms with Crippen LogP contribution in [0.1, 0.15) is 26.7 Å². The molecule has 1 atom stereocenters. The smallest absolute Gasteiger partial charge is 0.243 e. The molecule has 2 heterocycles. The molecule has 0 aromatic heterocycles. The number of likely N-dealkylation sites (tertiary alicyclic amines) is 1. The Morgan fingerprint density at radius 2 is 2.00 bits per heavy atom. The number of carbonyl (C=O) groups is 2. The van der Waals surface area contributed by atoms with Crippen LogP contribution in [-0.4, -0.2) is 71.9 Å². The second-order valence-corrected chi connectivity index (χ2v) is 7.35. The van der Waals surface area contributed by atoms with E-state index < -0.39 is 0 Å². The van der Waals surface area contributed by atoms with E-state index in [-0.39, 0.29) is 23.8 Å². The molecule has 2 amide bonds. The van der Waals surface area contributed by atoms with E-state index in [9.17, 15) is 9.59 Å². The minimum absolute atomic E-state index is 0.00614. The third-order valence-electron chi connectivity index (χ3n) is 4.18. The Morgan fingerprint density at radius 1 is 1.29 bits per heavy atom. The molecule has 0 bridgehead atoms. The molecule has 2 fully saturated rings. The molecule has 1 N–H and O–H groups in total. The molecule has 0 aromatic rings. The van der Waals surface area contributed by atoms with Crippen molar-refractivity contribution in [1.29, 1.82) is 0 Å². The van der Waals surface area contributed by atoms with Crippen molar-refractivity contribution in [3.63, 3.8) is 0 Å². The van der Waals surface area contributed by atoms with Crippen molar-refractivity contribution in [3.8, 4) is 0 Å². The van der Waals surface area contributed by atoms with Crippen LogP contribution in [0.15, 0.2) is 0 Å². The summed E-state index contributed by atoms with van der Waals surface area (Å²) in [7, 11) is 0. The second-order valence-electron chi connectivity index (χ2n) is 6.12. The van der Waals surface area contributed by atoms with Crippen LogP contribution in [-0.2, 0) is 9.59 Å². The van der Waals surface area contributed by atoms with Gasteiger partial charge in [-0.05, 0) is 12.3 Å². The summed E-state index contributed by atoms with van der Waals surface area (Å²) in [5.41, 5.74) is 0. The predicted molar refractivity (Wildman–Crippen MR) is 86.3 cm³/mol. The number of rotatable bonds is 6.